The van der Waals surface area contributed by atoms with Gasteiger partial charge in [0.15, 0.2) is 0 Å². The molecule has 0 atom stereocenters. The van der Waals surface area contributed by atoms with E-state index in [0.717, 1.165) is 0 Å². The number of halogens is 2. The molecular formula is C3H2Cl2KN3O4. The standard InChI is InChI=1S/C3HCl2N3O3.K.H2O/c4-7-1(9)6-2(10)8(5)3(7)11;;/h(H,6,9,10);;1H2/q;+1;/p-1. The normalized spacial score (nSPS) is 8.46. The van der Waals surface area contributed by atoms with Crippen molar-refractivity contribution in [1.29, 1.82) is 0 Å². The molecule has 1 heterocycles. The minimum atomic E-state index is -1.14. The van der Waals surface area contributed by atoms with Crippen molar-refractivity contribution in [1.82, 2.24) is 13.2 Å². The summed E-state index contributed by atoms with van der Waals surface area (Å²) in [6.45, 7) is 0. The smallest absolute Gasteiger partial charge is 0.845 e. The average Bonchev–Trinajstić information content (AvgIpc) is 1.97. The quantitative estimate of drug-likeness (QED) is 0.430. The maximum absolute atomic E-state index is 10.6. The first kappa shape index (κ1) is 16.0. The summed E-state index contributed by atoms with van der Waals surface area (Å²) < 4.78 is 0.211. The molecule has 0 fully saturated rings. The monoisotopic (exact) mass is 253 g/mol. The molecule has 0 bridgehead atoms. The molecule has 13 heavy (non-hydrogen) atoms. The Hall–Kier alpha value is 0.586. The van der Waals surface area contributed by atoms with Gasteiger partial charge in [0, 0.05) is 23.6 Å². The summed E-state index contributed by atoms with van der Waals surface area (Å²) in [5.74, 6) is 0. The molecule has 0 saturated heterocycles. The maximum Gasteiger partial charge on any atom is 1.00 e. The van der Waals surface area contributed by atoms with Gasteiger partial charge in [-0.2, -0.15) is 9.07 Å². The molecule has 0 spiro atoms. The van der Waals surface area contributed by atoms with Crippen LogP contribution in [0, 0.1) is 0 Å². The maximum atomic E-state index is 10.6. The summed E-state index contributed by atoms with van der Waals surface area (Å²) in [6.07, 6.45) is 0. The molecule has 0 aliphatic rings. The molecule has 10 heteroatoms. The zero-order valence-corrected chi connectivity index (χ0v) is 11.0. The third-order valence-electron chi connectivity index (χ3n) is 0.863. The second kappa shape index (κ2) is 6.14. The van der Waals surface area contributed by atoms with E-state index in [9.17, 15) is 14.7 Å². The van der Waals surface area contributed by atoms with Crippen LogP contribution in [0.2, 0.25) is 0 Å². The van der Waals surface area contributed by atoms with Gasteiger partial charge in [0.05, 0.1) is 6.01 Å². The van der Waals surface area contributed by atoms with Gasteiger partial charge in [-0.3, -0.25) is 0 Å². The largest absolute Gasteiger partial charge is 1.00 e. The number of nitrogens with zero attached hydrogens (tertiary/aromatic N) is 3. The van der Waals surface area contributed by atoms with E-state index in [1.54, 1.807) is 0 Å². The summed E-state index contributed by atoms with van der Waals surface area (Å²) in [7, 11) is 0. The first-order valence-corrected chi connectivity index (χ1v) is 2.97. The predicted molar refractivity (Wildman–Crippen MR) is 38.3 cm³/mol. The van der Waals surface area contributed by atoms with E-state index < -0.39 is 17.4 Å². The van der Waals surface area contributed by atoms with Crippen LogP contribution >= 0.6 is 23.6 Å². The van der Waals surface area contributed by atoms with Crippen LogP contribution in [0.3, 0.4) is 0 Å². The van der Waals surface area contributed by atoms with E-state index in [2.05, 4.69) is 4.98 Å². The van der Waals surface area contributed by atoms with Crippen molar-refractivity contribution >= 4 is 23.6 Å². The molecule has 1 aromatic heterocycles. The summed E-state index contributed by atoms with van der Waals surface area (Å²) in [4.78, 5) is 23.9. The van der Waals surface area contributed by atoms with Crippen molar-refractivity contribution in [3.8, 4) is 6.01 Å². The summed E-state index contributed by atoms with van der Waals surface area (Å²) in [5.41, 5.74) is -2.27. The number of hydrogen-bond donors (Lipinski definition) is 0. The second-order valence-electron chi connectivity index (χ2n) is 1.52. The van der Waals surface area contributed by atoms with Gasteiger partial charge in [0.1, 0.15) is 0 Å². The van der Waals surface area contributed by atoms with Crippen LogP contribution in [0.25, 0.3) is 0 Å². The first-order chi connectivity index (χ1) is 5.04. The number of hydrogen-bond acceptors (Lipinski definition) is 4. The van der Waals surface area contributed by atoms with Crippen LogP contribution in [0.5, 0.6) is 6.01 Å². The fraction of sp³-hybridized carbons (Fsp3) is 0. The van der Waals surface area contributed by atoms with E-state index in [4.69, 9.17) is 23.6 Å². The Kier molecular flexibility index (Phi) is 7.57. The van der Waals surface area contributed by atoms with E-state index >= 15 is 0 Å². The molecule has 0 aromatic carbocycles. The summed E-state index contributed by atoms with van der Waals surface area (Å²) in [6, 6.07) is -1.14. The molecule has 0 unspecified atom stereocenters. The molecular weight excluding hydrogens is 252 g/mol. The summed E-state index contributed by atoms with van der Waals surface area (Å²) >= 11 is 10.1. The van der Waals surface area contributed by atoms with Crippen molar-refractivity contribution < 1.29 is 62.0 Å². The molecule has 1 aromatic rings. The van der Waals surface area contributed by atoms with Crippen LogP contribution in [0.4, 0.5) is 0 Å². The van der Waals surface area contributed by atoms with E-state index in [0.29, 0.717) is 0 Å². The molecule has 68 valence electrons. The van der Waals surface area contributed by atoms with Gasteiger partial charge >= 0.3 is 62.8 Å². The van der Waals surface area contributed by atoms with Crippen molar-refractivity contribution in [3.63, 3.8) is 0 Å². The summed E-state index contributed by atoms with van der Waals surface area (Å²) in [5, 5.41) is 10.5. The topological polar surface area (TPSA) is 111 Å². The van der Waals surface area contributed by atoms with Crippen LogP contribution < -0.4 is 67.9 Å². The first-order valence-electron chi connectivity index (χ1n) is 2.29. The van der Waals surface area contributed by atoms with Gasteiger partial charge in [0.2, 0.25) is 0 Å². The number of aromatic nitrogens is 3. The predicted octanol–water partition coefficient (Wildman–Crippen LogP) is -5.34. The van der Waals surface area contributed by atoms with Crippen LogP contribution in [0.1, 0.15) is 0 Å². The molecule has 1 rings (SSSR count). The SMILES string of the molecule is O.O=c1nc([O-])n(Cl)c(=O)n1Cl.[K+]. The third kappa shape index (κ3) is 3.33. The van der Waals surface area contributed by atoms with Gasteiger partial charge < -0.3 is 10.6 Å². The molecule has 2 N–H and O–H groups in total. The Balaban J connectivity index is 0. The Morgan fingerprint density at radius 3 is 2.15 bits per heavy atom. The fourth-order valence-electron chi connectivity index (χ4n) is 0.410. The molecule has 7 nitrogen and oxygen atoms in total. The molecule has 0 aliphatic carbocycles. The van der Waals surface area contributed by atoms with Crippen LogP contribution in [-0.2, 0) is 0 Å². The van der Waals surface area contributed by atoms with Gasteiger partial charge in [-0.25, -0.2) is 9.59 Å². The minimum Gasteiger partial charge on any atom is -0.845 e. The molecule has 0 radical (unpaired) electrons. The van der Waals surface area contributed by atoms with Gasteiger partial charge in [-0.1, -0.05) is 0 Å². The van der Waals surface area contributed by atoms with E-state index in [1.165, 1.54) is 0 Å². The third-order valence-corrected chi connectivity index (χ3v) is 1.44. The van der Waals surface area contributed by atoms with Crippen LogP contribution in [0.15, 0.2) is 9.59 Å². The fourth-order valence-corrected chi connectivity index (χ4v) is 0.676. The van der Waals surface area contributed by atoms with Crippen molar-refractivity contribution in [2.24, 2.45) is 0 Å². The Labute approximate surface area is 124 Å². The van der Waals surface area contributed by atoms with E-state index in [-0.39, 0.29) is 65.0 Å². The minimum absolute atomic E-state index is 0. The molecule has 0 amide bonds. The van der Waals surface area contributed by atoms with Crippen LogP contribution in [-0.4, -0.2) is 18.6 Å². The Bertz CT molecular complexity index is 401. The zero-order valence-electron chi connectivity index (χ0n) is 6.32. The number of rotatable bonds is 0. The van der Waals surface area contributed by atoms with E-state index in [1.807, 2.05) is 0 Å². The van der Waals surface area contributed by atoms with Crippen molar-refractivity contribution in [3.05, 3.63) is 21.0 Å². The molecule has 0 saturated carbocycles. The van der Waals surface area contributed by atoms with Crippen molar-refractivity contribution in [2.75, 3.05) is 0 Å². The Morgan fingerprint density at radius 2 is 1.69 bits per heavy atom. The van der Waals surface area contributed by atoms with Gasteiger partial charge in [-0.05, 0) is 0 Å². The molecule has 0 aliphatic heterocycles. The average molecular weight is 254 g/mol. The Morgan fingerprint density at radius 1 is 1.23 bits per heavy atom. The zero-order chi connectivity index (χ0) is 8.59. The van der Waals surface area contributed by atoms with Gasteiger partial charge in [-0.15, -0.1) is 4.09 Å². The van der Waals surface area contributed by atoms with Gasteiger partial charge in [0.25, 0.3) is 0 Å². The second-order valence-corrected chi connectivity index (χ2v) is 2.20. The van der Waals surface area contributed by atoms with Crippen molar-refractivity contribution in [2.45, 2.75) is 0 Å².